The normalized spacial score (nSPS) is 10.2. The number of rotatable bonds is 1. The summed E-state index contributed by atoms with van der Waals surface area (Å²) in [5.74, 6) is 0. The van der Waals surface area contributed by atoms with Crippen molar-refractivity contribution in [1.29, 1.82) is 0 Å². The van der Waals surface area contributed by atoms with Crippen molar-refractivity contribution < 1.29 is 0 Å². The van der Waals surface area contributed by atoms with Gasteiger partial charge >= 0.3 is 0 Å². The summed E-state index contributed by atoms with van der Waals surface area (Å²) in [4.78, 5) is 0. The SMILES string of the molecule is CP(C)P=S. The van der Waals surface area contributed by atoms with Gasteiger partial charge in [-0.2, -0.15) is 0 Å². The van der Waals surface area contributed by atoms with Crippen LogP contribution in [0.1, 0.15) is 0 Å². The Labute approximate surface area is 40.4 Å². The topological polar surface area (TPSA) is 0 Å². The molecule has 0 heterocycles. The molecule has 0 saturated carbocycles. The van der Waals surface area contributed by atoms with Gasteiger partial charge in [-0.25, -0.2) is 0 Å². The Balaban J connectivity index is 2.83. The first kappa shape index (κ1) is 5.95. The third kappa shape index (κ3) is 4.95. The van der Waals surface area contributed by atoms with Crippen LogP contribution >= 0.6 is 14.7 Å². The molecule has 0 aromatic heterocycles. The molecule has 0 aliphatic rings. The molecule has 30 valence electrons. The summed E-state index contributed by atoms with van der Waals surface area (Å²) in [5.41, 5.74) is 0. The molecule has 0 aliphatic carbocycles. The van der Waals surface area contributed by atoms with E-state index in [0.29, 0.717) is 0 Å². The Bertz CT molecular complexity index is 34.6. The third-order valence-electron chi connectivity index (χ3n) is 0.163. The van der Waals surface area contributed by atoms with Gasteiger partial charge in [0, 0.05) is 7.04 Å². The predicted octanol–water partition coefficient (Wildman–Crippen LogP) is 2.05. The standard InChI is InChI=1S/C2H6P2S/c1-4(2)3-5/h1-2H3. The van der Waals surface area contributed by atoms with E-state index in [9.17, 15) is 0 Å². The molecule has 0 aromatic rings. The Morgan fingerprint density at radius 3 is 1.80 bits per heavy atom. The molecule has 0 unspecified atom stereocenters. The van der Waals surface area contributed by atoms with Gasteiger partial charge in [0.05, 0.1) is 0 Å². The smallest absolute Gasteiger partial charge is 0.000687 e. The Kier molecular flexibility index (Phi) is 3.75. The number of hydrogen-bond donors (Lipinski definition) is 0. The summed E-state index contributed by atoms with van der Waals surface area (Å²) >= 11 is 4.68. The molecule has 3 heteroatoms. The van der Waals surface area contributed by atoms with Crippen molar-refractivity contribution >= 4 is 26.5 Å². The first-order valence-corrected chi connectivity index (χ1v) is 6.13. The molecule has 5 heavy (non-hydrogen) atoms. The zero-order valence-electron chi connectivity index (χ0n) is 3.30. The van der Waals surface area contributed by atoms with Gasteiger partial charge in [-0.1, -0.05) is 11.8 Å². The second kappa shape index (κ2) is 3.15. The molecular formula is C2H6P2S. The molecule has 0 nitrogen and oxygen atoms in total. The van der Waals surface area contributed by atoms with E-state index < -0.39 is 0 Å². The maximum atomic E-state index is 4.68. The lowest BCUT2D eigenvalue weighted by Crippen LogP contribution is -1.38. The van der Waals surface area contributed by atoms with Gasteiger partial charge in [-0.05, 0) is 20.9 Å². The molecular weight excluding hydrogens is 118 g/mol. The maximum absolute atomic E-state index is 4.68. The highest BCUT2D eigenvalue weighted by atomic mass is 32.6. The van der Waals surface area contributed by atoms with Crippen molar-refractivity contribution in [2.75, 3.05) is 13.3 Å². The highest BCUT2D eigenvalue weighted by Gasteiger charge is 1.75. The Morgan fingerprint density at radius 1 is 1.60 bits per heavy atom. The quantitative estimate of drug-likeness (QED) is 0.482. The van der Waals surface area contributed by atoms with Crippen molar-refractivity contribution in [3.63, 3.8) is 0 Å². The third-order valence-corrected chi connectivity index (χ3v) is 4.41. The molecule has 0 atom stereocenters. The van der Waals surface area contributed by atoms with E-state index >= 15 is 0 Å². The first-order chi connectivity index (χ1) is 2.27. The second-order valence-electron chi connectivity index (χ2n) is 0.929. The Hall–Kier alpha value is 0.950. The lowest BCUT2D eigenvalue weighted by molar-refractivity contribution is 2.30. The van der Waals surface area contributed by atoms with Crippen molar-refractivity contribution in [2.45, 2.75) is 0 Å². The van der Waals surface area contributed by atoms with E-state index in [1.165, 1.54) is 0 Å². The minimum Gasteiger partial charge on any atom is -0.0526 e. The van der Waals surface area contributed by atoms with Crippen LogP contribution in [-0.2, 0) is 11.8 Å². The van der Waals surface area contributed by atoms with Crippen LogP contribution in [0.4, 0.5) is 0 Å². The van der Waals surface area contributed by atoms with Crippen LogP contribution in [0.2, 0.25) is 0 Å². The lowest BCUT2D eigenvalue weighted by atomic mass is 11.9. The van der Waals surface area contributed by atoms with Crippen LogP contribution in [0.15, 0.2) is 0 Å². The van der Waals surface area contributed by atoms with Crippen molar-refractivity contribution in [3.05, 3.63) is 0 Å². The minimum absolute atomic E-state index is 0.189. The van der Waals surface area contributed by atoms with E-state index in [-0.39, 0.29) is 7.61 Å². The summed E-state index contributed by atoms with van der Waals surface area (Å²) < 4.78 is 0. The van der Waals surface area contributed by atoms with E-state index in [0.717, 1.165) is 7.04 Å². The van der Waals surface area contributed by atoms with Crippen LogP contribution in [0.25, 0.3) is 0 Å². The van der Waals surface area contributed by atoms with Gasteiger partial charge in [-0.15, -0.1) is 0 Å². The van der Waals surface area contributed by atoms with Gasteiger partial charge in [0.25, 0.3) is 0 Å². The molecule has 0 aromatic carbocycles. The molecule has 0 radical (unpaired) electrons. The van der Waals surface area contributed by atoms with E-state index in [4.69, 9.17) is 0 Å². The molecule has 0 amide bonds. The Morgan fingerprint density at radius 2 is 1.80 bits per heavy atom. The summed E-state index contributed by atoms with van der Waals surface area (Å²) in [5, 5.41) is 0. The van der Waals surface area contributed by atoms with Gasteiger partial charge < -0.3 is 0 Å². The second-order valence-corrected chi connectivity index (χ2v) is 7.15. The van der Waals surface area contributed by atoms with E-state index in [1.807, 2.05) is 0 Å². The van der Waals surface area contributed by atoms with Crippen molar-refractivity contribution in [2.24, 2.45) is 0 Å². The monoisotopic (exact) mass is 124 g/mol. The molecule has 0 bridgehead atoms. The fraction of sp³-hybridized carbons (Fsp3) is 1.00. The molecule has 0 saturated heterocycles. The average molecular weight is 124 g/mol. The summed E-state index contributed by atoms with van der Waals surface area (Å²) in [6, 6.07) is 0. The van der Waals surface area contributed by atoms with Crippen LogP contribution in [0.3, 0.4) is 0 Å². The molecule has 0 rings (SSSR count). The van der Waals surface area contributed by atoms with Crippen molar-refractivity contribution in [1.82, 2.24) is 0 Å². The van der Waals surface area contributed by atoms with Crippen LogP contribution in [-0.4, -0.2) is 13.3 Å². The highest BCUT2D eigenvalue weighted by Crippen LogP contribution is 2.39. The highest BCUT2D eigenvalue weighted by molar-refractivity contribution is 8.36. The van der Waals surface area contributed by atoms with E-state index in [1.54, 1.807) is 0 Å². The van der Waals surface area contributed by atoms with Gasteiger partial charge in [0.15, 0.2) is 0 Å². The minimum atomic E-state index is 0.189. The molecule has 0 fully saturated rings. The number of hydrogen-bond acceptors (Lipinski definition) is 1. The van der Waals surface area contributed by atoms with Gasteiger partial charge in [0.2, 0.25) is 0 Å². The fourth-order valence-corrected chi connectivity index (χ4v) is 0. The van der Waals surface area contributed by atoms with Crippen LogP contribution < -0.4 is 0 Å². The zero-order chi connectivity index (χ0) is 4.28. The summed E-state index contributed by atoms with van der Waals surface area (Å²) in [6.07, 6.45) is 0. The molecule has 0 spiro atoms. The largest absolute Gasteiger partial charge is 0.0526 e. The van der Waals surface area contributed by atoms with E-state index in [2.05, 4.69) is 25.1 Å². The van der Waals surface area contributed by atoms with Gasteiger partial charge in [-0.3, -0.25) is 0 Å². The summed E-state index contributed by atoms with van der Waals surface area (Å²) in [7, 11) is 1.33. The lowest BCUT2D eigenvalue weighted by Gasteiger charge is -1.82. The fourth-order valence-electron chi connectivity index (χ4n) is 0. The first-order valence-electron chi connectivity index (χ1n) is 1.28. The summed E-state index contributed by atoms with van der Waals surface area (Å²) in [6.45, 7) is 4.34. The predicted molar refractivity (Wildman–Crippen MR) is 33.1 cm³/mol. The van der Waals surface area contributed by atoms with Crippen LogP contribution in [0.5, 0.6) is 0 Å². The maximum Gasteiger partial charge on any atom is 0.000687 e. The average Bonchev–Trinajstić information content (AvgIpc) is 1.38. The molecule has 0 N–H and O–H groups in total. The van der Waals surface area contributed by atoms with Crippen molar-refractivity contribution in [3.8, 4) is 0 Å². The van der Waals surface area contributed by atoms with Gasteiger partial charge in [0.1, 0.15) is 0 Å². The zero-order valence-corrected chi connectivity index (χ0v) is 5.91. The van der Waals surface area contributed by atoms with Crippen LogP contribution in [0, 0.1) is 0 Å². The molecule has 0 aliphatic heterocycles.